The van der Waals surface area contributed by atoms with Gasteiger partial charge in [0.15, 0.2) is 0 Å². The third kappa shape index (κ3) is 2.36. The van der Waals surface area contributed by atoms with E-state index in [0.717, 1.165) is 11.3 Å². The van der Waals surface area contributed by atoms with Crippen LogP contribution in [0.1, 0.15) is 19.4 Å². The molecule has 1 aromatic carbocycles. The largest absolute Gasteiger partial charge is 0.478 e. The quantitative estimate of drug-likeness (QED) is 0.554. The number of nitro benzene ring substituents is 1. The van der Waals surface area contributed by atoms with E-state index in [2.05, 4.69) is 5.32 Å². The summed E-state index contributed by atoms with van der Waals surface area (Å²) in [6.07, 6.45) is 1.27. The molecule has 0 saturated carbocycles. The Morgan fingerprint density at radius 1 is 1.27 bits per heavy atom. The van der Waals surface area contributed by atoms with Crippen molar-refractivity contribution in [2.45, 2.75) is 19.3 Å². The molecule has 0 amide bonds. The molecule has 134 valence electrons. The number of hydrogen-bond donors (Lipinski definition) is 3. The number of hydrogen-bond acceptors (Lipinski definition) is 6. The Balaban J connectivity index is 2.39. The Hall–Kier alpha value is -3.20. The second-order valence-corrected chi connectivity index (χ2v) is 6.88. The van der Waals surface area contributed by atoms with E-state index in [-0.39, 0.29) is 16.8 Å². The highest BCUT2D eigenvalue weighted by atomic mass is 32.1. The predicted molar refractivity (Wildman–Crippen MR) is 95.0 cm³/mol. The van der Waals surface area contributed by atoms with Gasteiger partial charge in [0.25, 0.3) is 5.69 Å². The van der Waals surface area contributed by atoms with Crippen molar-refractivity contribution in [1.29, 1.82) is 0 Å². The molecule has 3 rings (SSSR count). The van der Waals surface area contributed by atoms with Gasteiger partial charge in [-0.2, -0.15) is 0 Å². The number of benzene rings is 1. The van der Waals surface area contributed by atoms with Crippen molar-refractivity contribution in [3.8, 4) is 0 Å². The summed E-state index contributed by atoms with van der Waals surface area (Å²) < 4.78 is 0.374. The first kappa shape index (κ1) is 17.6. The van der Waals surface area contributed by atoms with E-state index >= 15 is 0 Å². The Kier molecular flexibility index (Phi) is 4.03. The summed E-state index contributed by atoms with van der Waals surface area (Å²) in [4.78, 5) is 34.5. The molecule has 1 aliphatic heterocycles. The first-order valence-corrected chi connectivity index (χ1v) is 8.37. The Bertz CT molecular complexity index is 1040. The zero-order valence-electron chi connectivity index (χ0n) is 13.8. The highest BCUT2D eigenvalue weighted by Crippen LogP contribution is 2.48. The molecular formula is C17H14N2O6S. The molecule has 0 saturated heterocycles. The second-order valence-electron chi connectivity index (χ2n) is 6.00. The molecule has 0 bridgehead atoms. The van der Waals surface area contributed by atoms with Gasteiger partial charge in [-0.1, -0.05) is 12.1 Å². The second kappa shape index (κ2) is 5.95. The average Bonchev–Trinajstić information content (AvgIpc) is 2.98. The van der Waals surface area contributed by atoms with Crippen LogP contribution >= 0.6 is 11.3 Å². The van der Waals surface area contributed by atoms with Gasteiger partial charge in [0, 0.05) is 23.3 Å². The van der Waals surface area contributed by atoms with E-state index in [4.69, 9.17) is 0 Å². The van der Waals surface area contributed by atoms with E-state index in [1.165, 1.54) is 25.3 Å². The fourth-order valence-electron chi connectivity index (χ4n) is 3.41. The summed E-state index contributed by atoms with van der Waals surface area (Å²) >= 11 is 1.09. The van der Waals surface area contributed by atoms with Crippen molar-refractivity contribution in [2.75, 3.05) is 0 Å². The molecule has 0 fully saturated rings. The lowest BCUT2D eigenvalue weighted by Crippen LogP contribution is -2.40. The normalized spacial score (nSPS) is 19.8. The Morgan fingerprint density at radius 2 is 1.96 bits per heavy atom. The van der Waals surface area contributed by atoms with Crippen molar-refractivity contribution in [3.63, 3.8) is 0 Å². The van der Waals surface area contributed by atoms with E-state index in [9.17, 15) is 29.9 Å². The number of nitrogens with one attached hydrogen (secondary N) is 1. The summed E-state index contributed by atoms with van der Waals surface area (Å²) in [5.74, 6) is -2.52. The zero-order chi connectivity index (χ0) is 19.2. The minimum atomic E-state index is -1.47. The number of nitro groups is 1. The van der Waals surface area contributed by atoms with Crippen molar-refractivity contribution in [3.05, 3.63) is 62.3 Å². The minimum absolute atomic E-state index is 0.102. The van der Waals surface area contributed by atoms with Crippen molar-refractivity contribution in [1.82, 2.24) is 5.32 Å². The molecule has 0 spiro atoms. The number of dihydropyridines is 1. The molecule has 1 aliphatic rings. The molecule has 0 aliphatic carbocycles. The molecule has 26 heavy (non-hydrogen) atoms. The van der Waals surface area contributed by atoms with Crippen LogP contribution in [0, 0.1) is 10.1 Å². The number of fused-ring (bicyclic) bond motifs is 1. The third-order valence-electron chi connectivity index (χ3n) is 4.61. The zero-order valence-corrected chi connectivity index (χ0v) is 14.6. The lowest BCUT2D eigenvalue weighted by atomic mass is 9.68. The van der Waals surface area contributed by atoms with Crippen molar-refractivity contribution >= 4 is 39.0 Å². The van der Waals surface area contributed by atoms with Gasteiger partial charge < -0.3 is 15.5 Å². The molecule has 1 unspecified atom stereocenters. The van der Waals surface area contributed by atoms with Crippen LogP contribution in [0.4, 0.5) is 5.69 Å². The summed E-state index contributed by atoms with van der Waals surface area (Å²) in [5.41, 5.74) is -1.10. The summed E-state index contributed by atoms with van der Waals surface area (Å²) in [6, 6.07) is 4.50. The number of nitrogens with zero attached hydrogens (tertiary/aromatic N) is 1. The van der Waals surface area contributed by atoms with Crippen molar-refractivity contribution < 1.29 is 24.7 Å². The van der Waals surface area contributed by atoms with Gasteiger partial charge in [0.2, 0.25) is 0 Å². The molecule has 0 radical (unpaired) electrons. The molecule has 9 heteroatoms. The van der Waals surface area contributed by atoms with Crippen LogP contribution in [0.5, 0.6) is 0 Å². The maximum Gasteiger partial charge on any atom is 0.334 e. The first-order chi connectivity index (χ1) is 12.2. The summed E-state index contributed by atoms with van der Waals surface area (Å²) in [6.45, 7) is 3.06. The highest BCUT2D eigenvalue weighted by molar-refractivity contribution is 7.18. The van der Waals surface area contributed by atoms with Gasteiger partial charge in [-0.15, -0.1) is 11.3 Å². The van der Waals surface area contributed by atoms with E-state index in [0.29, 0.717) is 21.3 Å². The maximum atomic E-state index is 11.9. The van der Waals surface area contributed by atoms with E-state index < -0.39 is 22.3 Å². The number of carboxylic acids is 2. The first-order valence-electron chi connectivity index (χ1n) is 7.49. The summed E-state index contributed by atoms with van der Waals surface area (Å²) in [5, 5.41) is 35.4. The lowest BCUT2D eigenvalue weighted by molar-refractivity contribution is -0.382. The number of carboxylic acid groups (broad SMARTS) is 2. The molecular weight excluding hydrogens is 360 g/mol. The molecule has 2 aromatic rings. The lowest BCUT2D eigenvalue weighted by Gasteiger charge is -2.35. The van der Waals surface area contributed by atoms with Gasteiger partial charge in [-0.25, -0.2) is 9.59 Å². The van der Waals surface area contributed by atoms with Crippen LogP contribution in [0.2, 0.25) is 0 Å². The third-order valence-corrected chi connectivity index (χ3v) is 5.62. The predicted octanol–water partition coefficient (Wildman–Crippen LogP) is 3.00. The number of aliphatic carboxylic acids is 2. The molecule has 8 nitrogen and oxygen atoms in total. The standard InChI is InChI=1S/C17H14N2O6S/c1-8-13(16(22)23)17(2,10(6-18-8)15(20)21)11-7-26-14-9(11)4-3-5-12(14)19(24)25/h3-7,18H,1-2H3,(H,20,21)(H,22,23). The fourth-order valence-corrected chi connectivity index (χ4v) is 4.58. The molecule has 3 N–H and O–H groups in total. The Labute approximate surface area is 151 Å². The molecule has 1 atom stereocenters. The number of allylic oxidation sites excluding steroid dienone is 1. The van der Waals surface area contributed by atoms with Crippen LogP contribution in [0.15, 0.2) is 46.6 Å². The molecule has 2 heterocycles. The maximum absolute atomic E-state index is 11.9. The van der Waals surface area contributed by atoms with Gasteiger partial charge in [0.05, 0.1) is 21.5 Å². The monoisotopic (exact) mass is 374 g/mol. The minimum Gasteiger partial charge on any atom is -0.478 e. The number of carbonyl (C=O) groups is 2. The topological polar surface area (TPSA) is 130 Å². The highest BCUT2D eigenvalue weighted by Gasteiger charge is 2.46. The van der Waals surface area contributed by atoms with Gasteiger partial charge >= 0.3 is 11.9 Å². The van der Waals surface area contributed by atoms with Crippen LogP contribution in [0.3, 0.4) is 0 Å². The van der Waals surface area contributed by atoms with Gasteiger partial charge in [-0.05, 0) is 24.8 Å². The van der Waals surface area contributed by atoms with E-state index in [1.807, 2.05) is 0 Å². The van der Waals surface area contributed by atoms with Crippen LogP contribution < -0.4 is 5.32 Å². The van der Waals surface area contributed by atoms with Gasteiger partial charge in [0.1, 0.15) is 4.70 Å². The smallest absolute Gasteiger partial charge is 0.334 e. The number of non-ortho nitro benzene ring substituents is 1. The van der Waals surface area contributed by atoms with E-state index in [1.54, 1.807) is 18.4 Å². The average molecular weight is 374 g/mol. The molecule has 1 aromatic heterocycles. The summed E-state index contributed by atoms with van der Waals surface area (Å²) in [7, 11) is 0. The van der Waals surface area contributed by atoms with Crippen LogP contribution in [-0.2, 0) is 15.0 Å². The van der Waals surface area contributed by atoms with Crippen LogP contribution in [0.25, 0.3) is 10.1 Å². The number of thiophene rings is 1. The van der Waals surface area contributed by atoms with Gasteiger partial charge in [-0.3, -0.25) is 10.1 Å². The number of rotatable bonds is 4. The fraction of sp³-hybridized carbons (Fsp3) is 0.176. The van der Waals surface area contributed by atoms with Crippen LogP contribution in [-0.4, -0.2) is 27.1 Å². The Morgan fingerprint density at radius 3 is 2.54 bits per heavy atom. The van der Waals surface area contributed by atoms with Crippen molar-refractivity contribution in [2.24, 2.45) is 0 Å². The SMILES string of the molecule is CC1=C(C(=O)O)C(C)(c2csc3c([N+](=O)[O-])cccc23)C(C(=O)O)=CN1.